The van der Waals surface area contributed by atoms with Gasteiger partial charge in [-0.1, -0.05) is 42.5 Å². The maximum atomic E-state index is 13.0. The molecule has 0 radical (unpaired) electrons. The number of hydrogen-bond acceptors (Lipinski definition) is 2. The van der Waals surface area contributed by atoms with Crippen LogP contribution >= 0.6 is 0 Å². The van der Waals surface area contributed by atoms with E-state index in [4.69, 9.17) is 0 Å². The van der Waals surface area contributed by atoms with E-state index in [1.807, 2.05) is 18.2 Å². The Hall–Kier alpha value is -1.61. The maximum Gasteiger partial charge on any atom is 0.230 e. The van der Waals surface area contributed by atoms with Gasteiger partial charge in [-0.15, -0.1) is 0 Å². The largest absolute Gasteiger partial charge is 0.352 e. The average Bonchev–Trinajstić information content (AvgIpc) is 2.57. The van der Waals surface area contributed by atoms with Gasteiger partial charge in [0.1, 0.15) is 0 Å². The molecule has 2 aliphatic rings. The number of carbonyl (C=O) groups excluding carboxylic acids is 1. The lowest BCUT2D eigenvalue weighted by Gasteiger charge is -2.38. The van der Waals surface area contributed by atoms with Gasteiger partial charge in [-0.05, 0) is 50.8 Å². The van der Waals surface area contributed by atoms with Crippen molar-refractivity contribution in [2.45, 2.75) is 43.6 Å². The number of piperidine rings is 1. The number of amides is 1. The van der Waals surface area contributed by atoms with Crippen LogP contribution in [-0.2, 0) is 10.2 Å². The monoisotopic (exact) mass is 284 g/mol. The first-order valence-electron chi connectivity index (χ1n) is 8.03. The fraction of sp³-hybridized carbons (Fsp3) is 0.500. The molecule has 1 unspecified atom stereocenters. The van der Waals surface area contributed by atoms with Crippen molar-refractivity contribution < 1.29 is 4.79 Å². The van der Waals surface area contributed by atoms with Gasteiger partial charge >= 0.3 is 0 Å². The molecule has 1 fully saturated rings. The smallest absolute Gasteiger partial charge is 0.230 e. The normalized spacial score (nSPS) is 24.5. The number of nitrogens with one attached hydrogen (secondary N) is 2. The number of hydrogen-bond donors (Lipinski definition) is 2. The molecule has 1 aliphatic carbocycles. The molecule has 3 nitrogen and oxygen atoms in total. The molecular formula is C18H24N2O. The van der Waals surface area contributed by atoms with Crippen LogP contribution < -0.4 is 10.6 Å². The third kappa shape index (κ3) is 3.03. The molecule has 1 saturated heterocycles. The molecule has 0 bridgehead atoms. The molecule has 0 aromatic heterocycles. The fourth-order valence-corrected chi connectivity index (χ4v) is 3.51. The van der Waals surface area contributed by atoms with E-state index >= 15 is 0 Å². The topological polar surface area (TPSA) is 41.1 Å². The zero-order valence-corrected chi connectivity index (χ0v) is 12.5. The molecule has 112 valence electrons. The van der Waals surface area contributed by atoms with Gasteiger partial charge in [-0.3, -0.25) is 4.79 Å². The van der Waals surface area contributed by atoms with Crippen molar-refractivity contribution in [1.29, 1.82) is 0 Å². The third-order valence-corrected chi connectivity index (χ3v) is 4.82. The molecule has 1 aliphatic heterocycles. The van der Waals surface area contributed by atoms with Gasteiger partial charge in [0.15, 0.2) is 0 Å². The van der Waals surface area contributed by atoms with Crippen LogP contribution in [0.3, 0.4) is 0 Å². The van der Waals surface area contributed by atoms with E-state index in [9.17, 15) is 4.79 Å². The fourth-order valence-electron chi connectivity index (χ4n) is 3.51. The Morgan fingerprint density at radius 3 is 2.57 bits per heavy atom. The van der Waals surface area contributed by atoms with Crippen molar-refractivity contribution in [3.8, 4) is 0 Å². The minimum absolute atomic E-state index is 0.218. The van der Waals surface area contributed by atoms with Gasteiger partial charge in [0, 0.05) is 6.04 Å². The van der Waals surface area contributed by atoms with Crippen molar-refractivity contribution in [3.63, 3.8) is 0 Å². The van der Waals surface area contributed by atoms with Crippen LogP contribution in [0.2, 0.25) is 0 Å². The van der Waals surface area contributed by atoms with Gasteiger partial charge in [0.2, 0.25) is 5.91 Å². The number of allylic oxidation sites excluding steroid dienone is 1. The molecule has 21 heavy (non-hydrogen) atoms. The first-order chi connectivity index (χ1) is 10.3. The van der Waals surface area contributed by atoms with Crippen LogP contribution in [0.15, 0.2) is 42.5 Å². The molecule has 3 heteroatoms. The second kappa shape index (κ2) is 6.44. The van der Waals surface area contributed by atoms with Crippen LogP contribution in [0.25, 0.3) is 0 Å². The Morgan fingerprint density at radius 1 is 1.14 bits per heavy atom. The van der Waals surface area contributed by atoms with Crippen LogP contribution in [0.5, 0.6) is 0 Å². The predicted molar refractivity (Wildman–Crippen MR) is 85.1 cm³/mol. The summed E-state index contributed by atoms with van der Waals surface area (Å²) in [5, 5.41) is 6.69. The van der Waals surface area contributed by atoms with E-state index in [-0.39, 0.29) is 11.3 Å². The first kappa shape index (κ1) is 14.3. The SMILES string of the molecule is O=C(NC1CC=CCC1)C1(c2ccccc2)CCNCC1. The van der Waals surface area contributed by atoms with Gasteiger partial charge < -0.3 is 10.6 Å². The Labute approximate surface area is 126 Å². The summed E-state index contributed by atoms with van der Waals surface area (Å²) in [6.07, 6.45) is 9.26. The molecule has 3 rings (SSSR count). The lowest BCUT2D eigenvalue weighted by atomic mass is 9.72. The van der Waals surface area contributed by atoms with Crippen molar-refractivity contribution in [3.05, 3.63) is 48.0 Å². The highest BCUT2D eigenvalue weighted by molar-refractivity contribution is 5.88. The van der Waals surface area contributed by atoms with E-state index in [0.717, 1.165) is 50.8 Å². The zero-order valence-electron chi connectivity index (χ0n) is 12.5. The molecule has 0 spiro atoms. The minimum atomic E-state index is -0.354. The van der Waals surface area contributed by atoms with Crippen LogP contribution in [-0.4, -0.2) is 25.0 Å². The lowest BCUT2D eigenvalue weighted by molar-refractivity contribution is -0.128. The van der Waals surface area contributed by atoms with E-state index in [2.05, 4.69) is 34.9 Å². The van der Waals surface area contributed by atoms with Crippen LogP contribution in [0, 0.1) is 0 Å². The Balaban J connectivity index is 1.81. The lowest BCUT2D eigenvalue weighted by Crippen LogP contribution is -2.53. The molecule has 1 atom stereocenters. The first-order valence-corrected chi connectivity index (χ1v) is 8.03. The Morgan fingerprint density at radius 2 is 1.90 bits per heavy atom. The van der Waals surface area contributed by atoms with Gasteiger partial charge in [-0.2, -0.15) is 0 Å². The van der Waals surface area contributed by atoms with Crippen molar-refractivity contribution in [2.75, 3.05) is 13.1 Å². The van der Waals surface area contributed by atoms with Gasteiger partial charge in [-0.25, -0.2) is 0 Å². The summed E-state index contributed by atoms with van der Waals surface area (Å²) in [4.78, 5) is 13.0. The molecule has 2 N–H and O–H groups in total. The molecular weight excluding hydrogens is 260 g/mol. The van der Waals surface area contributed by atoms with E-state index in [0.29, 0.717) is 6.04 Å². The summed E-state index contributed by atoms with van der Waals surface area (Å²) in [5.74, 6) is 0.218. The molecule has 1 heterocycles. The van der Waals surface area contributed by atoms with Crippen molar-refractivity contribution in [2.24, 2.45) is 0 Å². The summed E-state index contributed by atoms with van der Waals surface area (Å²) in [6, 6.07) is 10.6. The molecule has 1 amide bonds. The van der Waals surface area contributed by atoms with Gasteiger partial charge in [0.25, 0.3) is 0 Å². The minimum Gasteiger partial charge on any atom is -0.352 e. The van der Waals surface area contributed by atoms with Crippen LogP contribution in [0.1, 0.15) is 37.7 Å². The Kier molecular flexibility index (Phi) is 4.39. The highest BCUT2D eigenvalue weighted by Gasteiger charge is 2.41. The summed E-state index contributed by atoms with van der Waals surface area (Å²) in [6.45, 7) is 1.82. The second-order valence-electron chi connectivity index (χ2n) is 6.15. The van der Waals surface area contributed by atoms with E-state index < -0.39 is 0 Å². The van der Waals surface area contributed by atoms with Crippen LogP contribution in [0.4, 0.5) is 0 Å². The summed E-state index contributed by atoms with van der Waals surface area (Å²) in [7, 11) is 0. The number of benzene rings is 1. The number of carbonyl (C=O) groups is 1. The predicted octanol–water partition coefficient (Wildman–Crippen LogP) is 2.53. The highest BCUT2D eigenvalue weighted by atomic mass is 16.2. The quantitative estimate of drug-likeness (QED) is 0.838. The molecule has 1 aromatic rings. The van der Waals surface area contributed by atoms with E-state index in [1.165, 1.54) is 0 Å². The van der Waals surface area contributed by atoms with Gasteiger partial charge in [0.05, 0.1) is 5.41 Å². The third-order valence-electron chi connectivity index (χ3n) is 4.82. The van der Waals surface area contributed by atoms with Crippen molar-refractivity contribution >= 4 is 5.91 Å². The summed E-state index contributed by atoms with van der Waals surface area (Å²) < 4.78 is 0. The Bertz CT molecular complexity index is 503. The summed E-state index contributed by atoms with van der Waals surface area (Å²) >= 11 is 0. The zero-order chi connectivity index (χ0) is 14.5. The molecule has 0 saturated carbocycles. The second-order valence-corrected chi connectivity index (χ2v) is 6.15. The number of rotatable bonds is 3. The maximum absolute atomic E-state index is 13.0. The summed E-state index contributed by atoms with van der Waals surface area (Å²) in [5.41, 5.74) is 0.809. The standard InChI is InChI=1S/C18H24N2O/c21-17(20-16-9-5-2-6-10-16)18(11-13-19-14-12-18)15-7-3-1-4-8-15/h1-5,7-8,16,19H,6,9-14H2,(H,20,21). The average molecular weight is 284 g/mol. The molecule has 1 aromatic carbocycles. The van der Waals surface area contributed by atoms with Crippen molar-refractivity contribution in [1.82, 2.24) is 10.6 Å². The highest BCUT2D eigenvalue weighted by Crippen LogP contribution is 2.34. The van der Waals surface area contributed by atoms with E-state index in [1.54, 1.807) is 0 Å².